The monoisotopic (exact) mass is 381 g/mol. The van der Waals surface area contributed by atoms with Gasteiger partial charge in [0.15, 0.2) is 23.6 Å². The first kappa shape index (κ1) is 20.3. The van der Waals surface area contributed by atoms with Crippen molar-refractivity contribution in [2.45, 2.75) is 25.9 Å². The number of carbonyl (C=O) groups is 2. The number of rotatable bonds is 7. The Morgan fingerprint density at radius 3 is 2.48 bits per heavy atom. The molecule has 0 heterocycles. The summed E-state index contributed by atoms with van der Waals surface area (Å²) in [7, 11) is 1.51. The van der Waals surface area contributed by atoms with Crippen molar-refractivity contribution >= 4 is 17.6 Å². The first-order valence-electron chi connectivity index (χ1n) is 8.09. The minimum atomic E-state index is -1.70. The molecule has 0 saturated heterocycles. The third kappa shape index (κ3) is 5.22. The average Bonchev–Trinajstić information content (AvgIpc) is 2.66. The highest BCUT2D eigenvalue weighted by atomic mass is 19.2. The number of nitrogens with one attached hydrogen (secondary N) is 1. The van der Waals surface area contributed by atoms with Crippen LogP contribution in [-0.4, -0.2) is 25.1 Å². The van der Waals surface area contributed by atoms with E-state index in [-0.39, 0.29) is 6.42 Å². The quantitative estimate of drug-likeness (QED) is 0.588. The number of anilines is 1. The van der Waals surface area contributed by atoms with Gasteiger partial charge in [-0.1, -0.05) is 18.2 Å². The maximum atomic E-state index is 13.6. The van der Waals surface area contributed by atoms with Crippen LogP contribution in [0.1, 0.15) is 18.9 Å². The summed E-state index contributed by atoms with van der Waals surface area (Å²) in [6, 6.07) is 8.71. The summed E-state index contributed by atoms with van der Waals surface area (Å²) in [6.45, 7) is 1.29. The van der Waals surface area contributed by atoms with Crippen molar-refractivity contribution in [2.75, 3.05) is 12.4 Å². The van der Waals surface area contributed by atoms with E-state index >= 15 is 0 Å². The zero-order chi connectivity index (χ0) is 20.0. The van der Waals surface area contributed by atoms with Crippen LogP contribution in [0.3, 0.4) is 0 Å². The Morgan fingerprint density at radius 2 is 1.78 bits per heavy atom. The zero-order valence-electron chi connectivity index (χ0n) is 14.7. The van der Waals surface area contributed by atoms with Crippen LogP contribution in [0.15, 0.2) is 36.4 Å². The van der Waals surface area contributed by atoms with Gasteiger partial charge in [0.2, 0.25) is 0 Å². The molecule has 0 aromatic heterocycles. The van der Waals surface area contributed by atoms with Crippen molar-refractivity contribution in [3.8, 4) is 5.75 Å². The van der Waals surface area contributed by atoms with Crippen LogP contribution in [0.4, 0.5) is 18.9 Å². The van der Waals surface area contributed by atoms with Gasteiger partial charge in [-0.2, -0.15) is 0 Å². The predicted octanol–water partition coefficient (Wildman–Crippen LogP) is 3.62. The molecule has 5 nitrogen and oxygen atoms in total. The van der Waals surface area contributed by atoms with Gasteiger partial charge in [0.25, 0.3) is 5.91 Å². The lowest BCUT2D eigenvalue weighted by Gasteiger charge is -2.14. The number of para-hydroxylation sites is 1. The van der Waals surface area contributed by atoms with E-state index in [0.29, 0.717) is 18.2 Å². The van der Waals surface area contributed by atoms with Crippen LogP contribution >= 0.6 is 0 Å². The van der Waals surface area contributed by atoms with Gasteiger partial charge in [0, 0.05) is 6.42 Å². The molecule has 1 amide bonds. The largest absolute Gasteiger partial charge is 0.496 e. The standard InChI is InChI=1S/C19H18F3NO4/c1-11(19(25)23-14-9-8-13(20)17(21)18(14)22)27-16(24)10-7-12-5-3-4-6-15(12)26-2/h3-6,8-9,11H,7,10H2,1-2H3,(H,23,25)/t11-/m0/s1. The molecule has 0 radical (unpaired) electrons. The summed E-state index contributed by atoms with van der Waals surface area (Å²) in [4.78, 5) is 23.9. The van der Waals surface area contributed by atoms with Gasteiger partial charge in [0.1, 0.15) is 5.75 Å². The molecule has 0 aliphatic rings. The minimum Gasteiger partial charge on any atom is -0.496 e. The number of hydrogen-bond acceptors (Lipinski definition) is 4. The third-order valence-electron chi connectivity index (χ3n) is 3.76. The fourth-order valence-corrected chi connectivity index (χ4v) is 2.31. The van der Waals surface area contributed by atoms with Crippen LogP contribution in [-0.2, 0) is 20.7 Å². The van der Waals surface area contributed by atoms with Crippen molar-refractivity contribution in [1.82, 2.24) is 0 Å². The molecule has 0 saturated carbocycles. The predicted molar refractivity (Wildman–Crippen MR) is 91.8 cm³/mol. The molecule has 144 valence electrons. The topological polar surface area (TPSA) is 64.6 Å². The maximum absolute atomic E-state index is 13.6. The van der Waals surface area contributed by atoms with Gasteiger partial charge < -0.3 is 14.8 Å². The molecule has 0 aliphatic carbocycles. The molecule has 2 aromatic carbocycles. The van der Waals surface area contributed by atoms with Crippen LogP contribution < -0.4 is 10.1 Å². The second kappa shape index (κ2) is 9.07. The van der Waals surface area contributed by atoms with E-state index in [1.807, 2.05) is 0 Å². The summed E-state index contributed by atoms with van der Waals surface area (Å²) >= 11 is 0. The Bertz CT molecular complexity index is 842. The van der Waals surface area contributed by atoms with Crippen molar-refractivity contribution in [3.05, 3.63) is 59.4 Å². The summed E-state index contributed by atoms with van der Waals surface area (Å²) in [5, 5.41) is 2.06. The van der Waals surface area contributed by atoms with Crippen LogP contribution in [0.25, 0.3) is 0 Å². The summed E-state index contributed by atoms with van der Waals surface area (Å²) in [6.07, 6.45) is -0.908. The average molecular weight is 381 g/mol. The van der Waals surface area contributed by atoms with Gasteiger partial charge in [-0.05, 0) is 37.1 Å². The molecule has 8 heteroatoms. The smallest absolute Gasteiger partial charge is 0.306 e. The van der Waals surface area contributed by atoms with Gasteiger partial charge in [-0.3, -0.25) is 9.59 Å². The van der Waals surface area contributed by atoms with E-state index < -0.39 is 41.1 Å². The normalized spacial score (nSPS) is 11.6. The number of amides is 1. The van der Waals surface area contributed by atoms with Crippen molar-refractivity contribution < 1.29 is 32.2 Å². The van der Waals surface area contributed by atoms with Crippen LogP contribution in [0.2, 0.25) is 0 Å². The fraction of sp³-hybridized carbons (Fsp3) is 0.263. The number of halogens is 3. The number of hydrogen-bond donors (Lipinski definition) is 1. The molecule has 0 fully saturated rings. The van der Waals surface area contributed by atoms with E-state index in [1.165, 1.54) is 14.0 Å². The van der Waals surface area contributed by atoms with Crippen LogP contribution in [0.5, 0.6) is 5.75 Å². The summed E-state index contributed by atoms with van der Waals surface area (Å²) < 4.78 is 49.8. The second-order valence-electron chi connectivity index (χ2n) is 5.66. The van der Waals surface area contributed by atoms with E-state index in [1.54, 1.807) is 24.3 Å². The fourth-order valence-electron chi connectivity index (χ4n) is 2.31. The van der Waals surface area contributed by atoms with E-state index in [2.05, 4.69) is 5.32 Å². The van der Waals surface area contributed by atoms with Crippen molar-refractivity contribution in [1.29, 1.82) is 0 Å². The lowest BCUT2D eigenvalue weighted by molar-refractivity contribution is -0.153. The van der Waals surface area contributed by atoms with Gasteiger partial charge in [-0.25, -0.2) is 13.2 Å². The Labute approximate surface area is 154 Å². The van der Waals surface area contributed by atoms with Crippen molar-refractivity contribution in [2.24, 2.45) is 0 Å². The molecule has 1 N–H and O–H groups in total. The highest BCUT2D eigenvalue weighted by molar-refractivity contribution is 5.95. The molecular formula is C19H18F3NO4. The highest BCUT2D eigenvalue weighted by Crippen LogP contribution is 2.21. The number of carbonyl (C=O) groups excluding carboxylic acids is 2. The zero-order valence-corrected chi connectivity index (χ0v) is 14.7. The Morgan fingerprint density at radius 1 is 1.07 bits per heavy atom. The van der Waals surface area contributed by atoms with Gasteiger partial charge in [0.05, 0.1) is 12.8 Å². The number of methoxy groups -OCH3 is 1. The van der Waals surface area contributed by atoms with Crippen molar-refractivity contribution in [3.63, 3.8) is 0 Å². The first-order valence-corrected chi connectivity index (χ1v) is 8.09. The Kier molecular flexibility index (Phi) is 6.81. The molecule has 0 aliphatic heterocycles. The second-order valence-corrected chi connectivity index (χ2v) is 5.66. The van der Waals surface area contributed by atoms with Gasteiger partial charge in [-0.15, -0.1) is 0 Å². The Balaban J connectivity index is 1.90. The molecule has 27 heavy (non-hydrogen) atoms. The summed E-state index contributed by atoms with van der Waals surface area (Å²) in [5.74, 6) is -5.49. The minimum absolute atomic E-state index is 0.00245. The molecule has 2 aromatic rings. The van der Waals surface area contributed by atoms with Crippen LogP contribution in [0, 0.1) is 17.5 Å². The summed E-state index contributed by atoms with van der Waals surface area (Å²) in [5.41, 5.74) is 0.258. The van der Waals surface area contributed by atoms with E-state index in [0.717, 1.165) is 11.6 Å². The third-order valence-corrected chi connectivity index (χ3v) is 3.76. The highest BCUT2D eigenvalue weighted by Gasteiger charge is 2.21. The van der Waals surface area contributed by atoms with E-state index in [9.17, 15) is 22.8 Å². The number of benzene rings is 2. The molecule has 1 atom stereocenters. The van der Waals surface area contributed by atoms with Gasteiger partial charge >= 0.3 is 5.97 Å². The molecule has 0 bridgehead atoms. The Hall–Kier alpha value is -3.03. The molecular weight excluding hydrogens is 363 g/mol. The molecule has 0 unspecified atom stereocenters. The lowest BCUT2D eigenvalue weighted by atomic mass is 10.1. The molecule has 0 spiro atoms. The number of esters is 1. The maximum Gasteiger partial charge on any atom is 0.306 e. The lowest BCUT2D eigenvalue weighted by Crippen LogP contribution is -2.30. The SMILES string of the molecule is COc1ccccc1CCC(=O)O[C@@H](C)C(=O)Nc1ccc(F)c(F)c1F. The number of aryl methyl sites for hydroxylation is 1. The van der Waals surface area contributed by atoms with E-state index in [4.69, 9.17) is 9.47 Å². The number of ether oxygens (including phenoxy) is 2. The first-order chi connectivity index (χ1) is 12.8. The molecule has 2 rings (SSSR count).